The third kappa shape index (κ3) is 23.9. The van der Waals surface area contributed by atoms with Crippen LogP contribution < -0.4 is 42.5 Å². The molecule has 2 saturated carbocycles. The lowest BCUT2D eigenvalue weighted by Crippen LogP contribution is -2.58. The van der Waals surface area contributed by atoms with Crippen molar-refractivity contribution >= 4 is 130 Å². The van der Waals surface area contributed by atoms with Gasteiger partial charge in [0.15, 0.2) is 0 Å². The fourth-order valence-corrected chi connectivity index (χ4v) is 22.0. The molecule has 2 aromatic rings. The van der Waals surface area contributed by atoms with Gasteiger partial charge in [0.1, 0.15) is 41.7 Å². The molecule has 30 nitrogen and oxygen atoms in total. The molecule has 0 radical (unpaired) electrons. The maximum absolute atomic E-state index is 15.6. The van der Waals surface area contributed by atoms with E-state index in [1.807, 2.05) is 27.7 Å². The second-order valence-electron chi connectivity index (χ2n) is 30.5. The molecular formula is C76H110N12O18S4. The number of thioether (sulfide) groups is 4. The summed E-state index contributed by atoms with van der Waals surface area (Å²) in [6.45, 7) is 6.87. The first-order valence-corrected chi connectivity index (χ1v) is 41.8. The Bertz CT molecular complexity index is 3590. The monoisotopic (exact) mass is 1610 g/mol. The molecule has 2 aromatic carbocycles. The minimum atomic E-state index is -1.78. The Kier molecular flexibility index (Phi) is 32.9. The lowest BCUT2D eigenvalue weighted by atomic mass is 9.83. The number of aliphatic hydroxyl groups is 2. The van der Waals surface area contributed by atoms with Gasteiger partial charge in [0.2, 0.25) is 58.8 Å². The van der Waals surface area contributed by atoms with Crippen LogP contribution in [0, 0.1) is 29.6 Å². The molecule has 2 aliphatic carbocycles. The Balaban J connectivity index is 1.09. The van der Waals surface area contributed by atoms with E-state index in [0.717, 1.165) is 38.5 Å². The molecule has 0 aromatic heterocycles. The van der Waals surface area contributed by atoms with Gasteiger partial charge in [-0.05, 0) is 79.2 Å². The third-order valence-corrected chi connectivity index (χ3v) is 27.7. The van der Waals surface area contributed by atoms with Gasteiger partial charge in [0.25, 0.3) is 11.8 Å². The molecule has 13 atom stereocenters. The Morgan fingerprint density at radius 2 is 0.955 bits per heavy atom. The highest BCUT2D eigenvalue weighted by Gasteiger charge is 2.58. The van der Waals surface area contributed by atoms with Gasteiger partial charge in [-0.15, -0.1) is 47.0 Å². The molecule has 12 amide bonds. The Morgan fingerprint density at radius 3 is 1.35 bits per heavy atom. The Morgan fingerprint density at radius 1 is 0.545 bits per heavy atom. The number of hydrogen-bond donors (Lipinski definition) is 10. The van der Waals surface area contributed by atoms with Crippen LogP contribution in [0.3, 0.4) is 0 Å². The number of carbonyl (C=O) groups excluding carboxylic acids is 14. The van der Waals surface area contributed by atoms with Crippen molar-refractivity contribution in [3.63, 3.8) is 0 Å². The van der Waals surface area contributed by atoms with Crippen molar-refractivity contribution in [1.82, 2.24) is 62.1 Å². The lowest BCUT2D eigenvalue weighted by molar-refractivity contribution is -0.144. The number of rotatable bonds is 34. The third-order valence-electron chi connectivity index (χ3n) is 20.5. The maximum atomic E-state index is 15.6. The molecule has 110 heavy (non-hydrogen) atoms. The fourth-order valence-electron chi connectivity index (χ4n) is 14.8. The number of likely N-dealkylation sites (tertiary alicyclic amines) is 2. The molecule has 6 fully saturated rings. The molecule has 4 saturated heterocycles. The topological polar surface area (TPSA) is 407 Å². The van der Waals surface area contributed by atoms with Gasteiger partial charge >= 0.3 is 12.2 Å². The molecule has 6 aliphatic rings. The first kappa shape index (κ1) is 87.9. The van der Waals surface area contributed by atoms with Crippen molar-refractivity contribution in [2.24, 2.45) is 29.6 Å². The summed E-state index contributed by atoms with van der Waals surface area (Å²) in [7, 11) is 6.05. The number of likely N-dealkylation sites (N-methyl/N-ethyl adjacent to an activating group) is 2. The van der Waals surface area contributed by atoms with Crippen LogP contribution in [0.4, 0.5) is 9.59 Å². The van der Waals surface area contributed by atoms with Crippen LogP contribution in [0.2, 0.25) is 0 Å². The van der Waals surface area contributed by atoms with E-state index >= 15 is 24.0 Å². The van der Waals surface area contributed by atoms with E-state index in [1.165, 1.54) is 94.8 Å². The summed E-state index contributed by atoms with van der Waals surface area (Å²) in [5.74, 6) is -11.7. The zero-order chi connectivity index (χ0) is 80.1. The minimum absolute atomic E-state index is 0.0268. The highest BCUT2D eigenvalue weighted by Crippen LogP contribution is 2.58. The summed E-state index contributed by atoms with van der Waals surface area (Å²) >= 11 is 5.17. The van der Waals surface area contributed by atoms with Gasteiger partial charge < -0.3 is 81.8 Å². The molecule has 0 bridgehead atoms. The van der Waals surface area contributed by atoms with Crippen LogP contribution in [-0.4, -0.2) is 253 Å². The number of hydrogen-bond acceptors (Lipinski definition) is 22. The van der Waals surface area contributed by atoms with E-state index in [0.29, 0.717) is 36.8 Å². The van der Waals surface area contributed by atoms with Crippen LogP contribution in [-0.2, 0) is 67.0 Å². The van der Waals surface area contributed by atoms with Crippen molar-refractivity contribution in [1.29, 1.82) is 0 Å². The predicted octanol–water partition coefficient (Wildman–Crippen LogP) is 3.92. The summed E-state index contributed by atoms with van der Waals surface area (Å²) in [5.41, 5.74) is 0.0327. The van der Waals surface area contributed by atoms with Gasteiger partial charge in [-0.1, -0.05) is 140 Å². The zero-order valence-corrected chi connectivity index (χ0v) is 67.5. The number of carbonyl (C=O) groups is 14. The minimum Gasteiger partial charge on any atom is -0.449 e. The van der Waals surface area contributed by atoms with Crippen LogP contribution >= 0.6 is 47.0 Å². The van der Waals surface area contributed by atoms with Crippen LogP contribution in [0.5, 0.6) is 0 Å². The summed E-state index contributed by atoms with van der Waals surface area (Å²) in [4.78, 5) is 206. The number of ketones is 2. The number of nitrogens with zero attached hydrogens (tertiary/aromatic N) is 4. The normalized spacial score (nSPS) is 23.2. The van der Waals surface area contributed by atoms with Crippen LogP contribution in [0.25, 0.3) is 0 Å². The molecular weight excluding hydrogens is 1500 g/mol. The maximum Gasteiger partial charge on any atom is 0.407 e. The average Bonchev–Trinajstić information content (AvgIpc) is 1.62. The van der Waals surface area contributed by atoms with Gasteiger partial charge in [-0.25, -0.2) is 9.59 Å². The van der Waals surface area contributed by atoms with E-state index in [9.17, 15) is 53.4 Å². The summed E-state index contributed by atoms with van der Waals surface area (Å²) in [5, 5.41) is 43.1. The van der Waals surface area contributed by atoms with E-state index in [4.69, 9.17) is 9.47 Å². The van der Waals surface area contributed by atoms with Gasteiger partial charge in [-0.2, -0.15) is 0 Å². The van der Waals surface area contributed by atoms with Crippen molar-refractivity contribution in [2.75, 3.05) is 85.7 Å². The smallest absolute Gasteiger partial charge is 0.407 e. The number of benzene rings is 2. The number of ether oxygens (including phenoxy) is 2. The molecule has 8 rings (SSSR count). The predicted molar refractivity (Wildman–Crippen MR) is 417 cm³/mol. The van der Waals surface area contributed by atoms with Crippen molar-refractivity contribution in [3.05, 3.63) is 71.8 Å². The molecule has 10 unspecified atom stereocenters. The van der Waals surface area contributed by atoms with Crippen molar-refractivity contribution < 1.29 is 86.8 Å². The number of amides is 12. The fraction of sp³-hybridized carbons (Fsp3) is 0.658. The first-order chi connectivity index (χ1) is 52.4. The largest absolute Gasteiger partial charge is 0.449 e. The van der Waals surface area contributed by atoms with E-state index in [-0.39, 0.29) is 87.2 Å². The molecule has 10 N–H and O–H groups in total. The number of alkyl carbamates (subject to hydrolysis) is 2. The standard InChI is InChI=1S/C76H110N12O18S4/c1-10-23-51(63(93)67(97)77-35-56(90)81-59(69(99)85(6)7)46-24-15-11-16-25-46)79-65(95)53-33-75(42-87(53)71(101)61(48-28-19-13-20-29-48)83-73(103)105-38-44(2)3)107-40-55(109-75)50(37-89)32-52(64(94)68(98)78-36-57(91)82-60(70(100)86(8)9)47-26-17-12-18-27-47)80-66(96)54-34-76(108-41-58(92)110-76)43-88(54)72(102)62(49-30-21-14-22-31-49)84-74(104)106-39-45(4)5/h11-12,15-18,24-27,44-45,48-55,58-62,89,92H,10,13-14,19-23,28-43H2,1-9H3,(H,77,97)(H,78,98)(H,79,95)(H,80,96)(H,81,90)(H,82,91)(H,83,103)(H,84,104)/t50-,51?,52?,53+,54+,55?,58?,59?,60?,61?,62?,75?,76?/m1/s1. The van der Waals surface area contributed by atoms with Crippen LogP contribution in [0.1, 0.15) is 154 Å². The molecule has 34 heteroatoms. The number of aliphatic hydroxyl groups excluding tert-OH is 2. The van der Waals surface area contributed by atoms with E-state index in [2.05, 4.69) is 42.5 Å². The Hall–Kier alpha value is -7.66. The molecule has 4 heterocycles. The van der Waals surface area contributed by atoms with Gasteiger partial charge in [0.05, 0.1) is 46.5 Å². The van der Waals surface area contributed by atoms with E-state index in [1.54, 1.807) is 67.6 Å². The van der Waals surface area contributed by atoms with Gasteiger partial charge in [-0.3, -0.25) is 57.5 Å². The summed E-state index contributed by atoms with van der Waals surface area (Å²) in [6, 6.07) is 6.16. The quantitative estimate of drug-likeness (QED) is 0.0444. The SMILES string of the molecule is CCCC(NC(=O)[C@@H]1CC2(CN1C(=O)C(NC(=O)OCC(C)C)C1CCCCC1)SCC([C@@H](CO)CC(NC(=O)[C@@H]1CC3(CN1C(=O)C(NC(=O)OCC(C)C)C1CCCCC1)SCC(O)S3)C(=O)C(=O)NCC(=O)NC(C(=O)N(C)C)c1ccccc1)S2)C(=O)C(=O)NCC(=O)NC(C(=O)N(C)C)c1ccccc1. The highest BCUT2D eigenvalue weighted by atomic mass is 32.2. The summed E-state index contributed by atoms with van der Waals surface area (Å²) in [6.07, 6.45) is 5.12. The second-order valence-corrected chi connectivity index (χ2v) is 37.0. The lowest BCUT2D eigenvalue weighted by Gasteiger charge is -2.35. The zero-order valence-electron chi connectivity index (χ0n) is 64.3. The van der Waals surface area contributed by atoms with Crippen molar-refractivity contribution in [2.45, 2.75) is 198 Å². The van der Waals surface area contributed by atoms with Gasteiger partial charge in [0, 0.05) is 77.5 Å². The Labute approximate surface area is 660 Å². The molecule has 4 aliphatic heterocycles. The molecule has 606 valence electrons. The van der Waals surface area contributed by atoms with E-state index < -0.39 is 182 Å². The number of Topliss-reactive ketones (excluding diaryl/α,β-unsaturated/α-hetero) is 2. The summed E-state index contributed by atoms with van der Waals surface area (Å²) < 4.78 is 9.05. The van der Waals surface area contributed by atoms with Crippen LogP contribution in [0.15, 0.2) is 60.7 Å². The average molecular weight is 1610 g/mol. The highest BCUT2D eigenvalue weighted by molar-refractivity contribution is 8.22. The van der Waals surface area contributed by atoms with Crippen molar-refractivity contribution in [3.8, 4) is 0 Å². The molecule has 2 spiro atoms. The second kappa shape index (κ2) is 41.2. The first-order valence-electron chi connectivity index (χ1n) is 38.1. The number of nitrogens with one attached hydrogen (secondary N) is 8.